The summed E-state index contributed by atoms with van der Waals surface area (Å²) in [5.41, 5.74) is 1.04. The van der Waals surface area contributed by atoms with Crippen molar-refractivity contribution >= 4 is 6.09 Å². The van der Waals surface area contributed by atoms with Crippen LogP contribution in [0.25, 0.3) is 0 Å². The summed E-state index contributed by atoms with van der Waals surface area (Å²) in [6, 6.07) is 3.23. The maximum Gasteiger partial charge on any atom is 0.410 e. The lowest BCUT2D eigenvalue weighted by Crippen LogP contribution is -2.41. The fourth-order valence-corrected chi connectivity index (χ4v) is 3.07. The number of phenols is 1. The molecule has 4 nitrogen and oxygen atoms in total. The predicted octanol–water partition coefficient (Wildman–Crippen LogP) is 4.21. The summed E-state index contributed by atoms with van der Waals surface area (Å²) in [5, 5.41) is 9.53. The first-order chi connectivity index (χ1) is 10.7. The maximum atomic E-state index is 14.1. The first-order valence-electron chi connectivity index (χ1n) is 8.21. The molecule has 1 aromatic rings. The molecule has 0 aliphatic carbocycles. The van der Waals surface area contributed by atoms with Crippen molar-refractivity contribution in [3.8, 4) is 5.75 Å². The molecule has 2 rings (SSSR count). The molecule has 1 fully saturated rings. The Balaban J connectivity index is 2.05. The molecule has 128 valence electrons. The molecule has 0 bridgehead atoms. The van der Waals surface area contributed by atoms with E-state index in [1.807, 2.05) is 33.8 Å². The lowest BCUT2D eigenvalue weighted by atomic mass is 9.85. The number of amides is 1. The van der Waals surface area contributed by atoms with Crippen molar-refractivity contribution in [1.29, 1.82) is 0 Å². The van der Waals surface area contributed by atoms with Gasteiger partial charge in [0.2, 0.25) is 0 Å². The summed E-state index contributed by atoms with van der Waals surface area (Å²) in [6.07, 6.45) is 1.80. The van der Waals surface area contributed by atoms with Crippen molar-refractivity contribution < 1.29 is 19.0 Å². The van der Waals surface area contributed by atoms with Gasteiger partial charge < -0.3 is 14.7 Å². The van der Waals surface area contributed by atoms with E-state index in [-0.39, 0.29) is 17.8 Å². The van der Waals surface area contributed by atoms with Crippen molar-refractivity contribution in [1.82, 2.24) is 4.90 Å². The molecular formula is C18H26FNO3. The number of likely N-dealkylation sites (tertiary alicyclic amines) is 1. The molecule has 0 atom stereocenters. The molecule has 1 N–H and O–H groups in total. The molecule has 1 aliphatic heterocycles. The first-order valence-corrected chi connectivity index (χ1v) is 8.21. The van der Waals surface area contributed by atoms with Crippen LogP contribution in [-0.4, -0.2) is 34.8 Å². The highest BCUT2D eigenvalue weighted by atomic mass is 19.1. The van der Waals surface area contributed by atoms with Gasteiger partial charge in [0.25, 0.3) is 0 Å². The summed E-state index contributed by atoms with van der Waals surface area (Å²) in [7, 11) is 0. The van der Waals surface area contributed by atoms with Crippen LogP contribution in [0.5, 0.6) is 5.75 Å². The molecule has 1 aliphatic rings. The van der Waals surface area contributed by atoms with Gasteiger partial charge in [-0.1, -0.05) is 13.0 Å². The van der Waals surface area contributed by atoms with E-state index in [0.717, 1.165) is 18.4 Å². The minimum Gasteiger partial charge on any atom is -0.505 e. The van der Waals surface area contributed by atoms with Crippen LogP contribution < -0.4 is 0 Å². The quantitative estimate of drug-likeness (QED) is 0.887. The van der Waals surface area contributed by atoms with E-state index < -0.39 is 11.4 Å². The zero-order valence-corrected chi connectivity index (χ0v) is 14.4. The zero-order chi connectivity index (χ0) is 17.2. The molecule has 5 heteroatoms. The number of ether oxygens (including phenoxy) is 1. The summed E-state index contributed by atoms with van der Waals surface area (Å²) in [5.74, 6) is -0.602. The molecule has 1 saturated heterocycles. The van der Waals surface area contributed by atoms with Crippen molar-refractivity contribution in [2.75, 3.05) is 13.1 Å². The van der Waals surface area contributed by atoms with Crippen molar-refractivity contribution in [3.05, 3.63) is 29.1 Å². The highest BCUT2D eigenvalue weighted by molar-refractivity contribution is 5.68. The Bertz CT molecular complexity index is 572. The Kier molecular flexibility index (Phi) is 5.17. The Labute approximate surface area is 137 Å². The lowest BCUT2D eigenvalue weighted by Gasteiger charge is -2.34. The number of piperidine rings is 1. The molecule has 1 amide bonds. The number of hydrogen-bond donors (Lipinski definition) is 1. The smallest absolute Gasteiger partial charge is 0.410 e. The number of phenolic OH excluding ortho intramolecular Hbond substituents is 1. The topological polar surface area (TPSA) is 49.8 Å². The van der Waals surface area contributed by atoms with Gasteiger partial charge in [0, 0.05) is 13.1 Å². The van der Waals surface area contributed by atoms with Gasteiger partial charge in [-0.25, -0.2) is 9.18 Å². The maximum absolute atomic E-state index is 14.1. The molecular weight excluding hydrogens is 297 g/mol. The van der Waals surface area contributed by atoms with Gasteiger partial charge in [-0.2, -0.15) is 0 Å². The van der Waals surface area contributed by atoms with E-state index in [9.17, 15) is 14.3 Å². The fraction of sp³-hybridized carbons (Fsp3) is 0.611. The third-order valence-electron chi connectivity index (χ3n) is 4.20. The van der Waals surface area contributed by atoms with Gasteiger partial charge in [-0.15, -0.1) is 0 Å². The van der Waals surface area contributed by atoms with Crippen LogP contribution in [0.2, 0.25) is 0 Å². The molecule has 0 aromatic heterocycles. The van der Waals surface area contributed by atoms with Gasteiger partial charge in [0.05, 0.1) is 0 Å². The van der Waals surface area contributed by atoms with Crippen LogP contribution in [0.3, 0.4) is 0 Å². The van der Waals surface area contributed by atoms with Crippen LogP contribution >= 0.6 is 0 Å². The number of carbonyl (C=O) groups excluding carboxylic acids is 1. The monoisotopic (exact) mass is 323 g/mol. The van der Waals surface area contributed by atoms with Crippen LogP contribution in [-0.2, 0) is 11.2 Å². The van der Waals surface area contributed by atoms with Crippen LogP contribution in [0.15, 0.2) is 12.1 Å². The van der Waals surface area contributed by atoms with E-state index in [0.29, 0.717) is 25.1 Å². The molecule has 0 saturated carbocycles. The highest BCUT2D eigenvalue weighted by Crippen LogP contribution is 2.34. The van der Waals surface area contributed by atoms with Crippen molar-refractivity contribution in [3.63, 3.8) is 0 Å². The fourth-order valence-electron chi connectivity index (χ4n) is 3.07. The summed E-state index contributed by atoms with van der Waals surface area (Å²) in [4.78, 5) is 13.8. The molecule has 0 unspecified atom stereocenters. The third-order valence-corrected chi connectivity index (χ3v) is 4.20. The Hall–Kier alpha value is -1.78. The van der Waals surface area contributed by atoms with Gasteiger partial charge in [-0.3, -0.25) is 0 Å². The van der Waals surface area contributed by atoms with E-state index in [1.165, 1.54) is 6.07 Å². The predicted molar refractivity (Wildman–Crippen MR) is 87.2 cm³/mol. The molecule has 23 heavy (non-hydrogen) atoms. The van der Waals surface area contributed by atoms with Gasteiger partial charge in [-0.05, 0) is 63.1 Å². The third kappa shape index (κ3) is 4.15. The standard InChI is InChI=1S/C18H26FNO3/c1-5-13-14(6-7-15(21)16(13)19)12-8-10-20(11-9-12)17(22)23-18(2,3)4/h6-7,12,21H,5,8-11H2,1-4H3. The number of nitrogens with zero attached hydrogens (tertiary/aromatic N) is 1. The minimum absolute atomic E-state index is 0.207. The molecule has 0 spiro atoms. The number of carbonyl (C=O) groups is 1. The second kappa shape index (κ2) is 6.77. The zero-order valence-electron chi connectivity index (χ0n) is 14.4. The lowest BCUT2D eigenvalue weighted by molar-refractivity contribution is 0.0204. The second-order valence-electron chi connectivity index (χ2n) is 7.06. The van der Waals surface area contributed by atoms with Crippen molar-refractivity contribution in [2.24, 2.45) is 0 Å². The Morgan fingerprint density at radius 3 is 2.48 bits per heavy atom. The number of aromatic hydroxyl groups is 1. The largest absolute Gasteiger partial charge is 0.505 e. The number of benzene rings is 1. The highest BCUT2D eigenvalue weighted by Gasteiger charge is 2.29. The van der Waals surface area contributed by atoms with Gasteiger partial charge in [0.1, 0.15) is 5.60 Å². The van der Waals surface area contributed by atoms with Gasteiger partial charge in [0.15, 0.2) is 11.6 Å². The van der Waals surface area contributed by atoms with Crippen LogP contribution in [0.4, 0.5) is 9.18 Å². The first kappa shape index (κ1) is 17.6. The summed E-state index contributed by atoms with van der Waals surface area (Å²) in [6.45, 7) is 8.65. The number of rotatable bonds is 2. The minimum atomic E-state index is -0.514. The second-order valence-corrected chi connectivity index (χ2v) is 7.06. The molecule has 1 heterocycles. The Morgan fingerprint density at radius 2 is 1.96 bits per heavy atom. The SMILES string of the molecule is CCc1c(C2CCN(C(=O)OC(C)(C)C)CC2)ccc(O)c1F. The average molecular weight is 323 g/mol. The molecule has 0 radical (unpaired) electrons. The average Bonchev–Trinajstić information content (AvgIpc) is 2.48. The number of hydrogen-bond acceptors (Lipinski definition) is 3. The Morgan fingerprint density at radius 1 is 1.35 bits per heavy atom. The van der Waals surface area contributed by atoms with E-state index >= 15 is 0 Å². The van der Waals surface area contributed by atoms with E-state index in [4.69, 9.17) is 4.74 Å². The van der Waals surface area contributed by atoms with Crippen LogP contribution in [0, 0.1) is 5.82 Å². The van der Waals surface area contributed by atoms with Gasteiger partial charge >= 0.3 is 6.09 Å². The van der Waals surface area contributed by atoms with E-state index in [1.54, 1.807) is 4.90 Å². The normalized spacial score (nSPS) is 16.5. The van der Waals surface area contributed by atoms with Crippen molar-refractivity contribution in [2.45, 2.75) is 58.5 Å². The summed E-state index contributed by atoms with van der Waals surface area (Å²) >= 11 is 0. The molecule has 1 aromatic carbocycles. The summed E-state index contributed by atoms with van der Waals surface area (Å²) < 4.78 is 19.5. The van der Waals surface area contributed by atoms with E-state index in [2.05, 4.69) is 0 Å². The number of halogens is 1. The van der Waals surface area contributed by atoms with Crippen LogP contribution in [0.1, 0.15) is 57.6 Å².